The lowest BCUT2D eigenvalue weighted by atomic mass is 10.1. The van der Waals surface area contributed by atoms with Gasteiger partial charge >= 0.3 is 0 Å². The first-order valence-corrected chi connectivity index (χ1v) is 5.74. The minimum Gasteiger partial charge on any atom is -0.461 e. The lowest BCUT2D eigenvalue weighted by molar-refractivity contribution is 0.543. The summed E-state index contributed by atoms with van der Waals surface area (Å²) < 4.78 is 5.57. The van der Waals surface area contributed by atoms with E-state index in [0.717, 1.165) is 17.7 Å². The summed E-state index contributed by atoms with van der Waals surface area (Å²) in [5, 5.41) is 0.699. The van der Waals surface area contributed by atoms with Crippen LogP contribution in [0.15, 0.2) is 33.5 Å². The van der Waals surface area contributed by atoms with E-state index in [1.165, 1.54) is 0 Å². The van der Waals surface area contributed by atoms with Gasteiger partial charge < -0.3 is 4.42 Å². The lowest BCUT2D eigenvalue weighted by Gasteiger charge is -2.02. The average molecular weight is 218 g/mol. The summed E-state index contributed by atoms with van der Waals surface area (Å²) in [4.78, 5) is 11.7. The van der Waals surface area contributed by atoms with E-state index in [1.807, 2.05) is 45.9 Å². The second-order valence-electron chi connectivity index (χ2n) is 3.38. The van der Waals surface area contributed by atoms with Crippen molar-refractivity contribution in [3.63, 3.8) is 0 Å². The summed E-state index contributed by atoms with van der Waals surface area (Å²) in [5.41, 5.74) is 1.72. The maximum absolute atomic E-state index is 11.7. The van der Waals surface area contributed by atoms with Crippen molar-refractivity contribution in [2.45, 2.75) is 34.1 Å². The van der Waals surface area contributed by atoms with Gasteiger partial charge in [-0.05, 0) is 18.6 Å². The van der Waals surface area contributed by atoms with Crippen LogP contribution in [-0.2, 0) is 6.42 Å². The van der Waals surface area contributed by atoms with E-state index < -0.39 is 0 Å². The van der Waals surface area contributed by atoms with Gasteiger partial charge in [-0.2, -0.15) is 0 Å². The van der Waals surface area contributed by atoms with E-state index in [0.29, 0.717) is 11.0 Å². The van der Waals surface area contributed by atoms with Gasteiger partial charge in [0.25, 0.3) is 0 Å². The summed E-state index contributed by atoms with van der Waals surface area (Å²) in [6, 6.07) is 7.24. The molecule has 1 heterocycles. The molecule has 16 heavy (non-hydrogen) atoms. The topological polar surface area (TPSA) is 30.2 Å². The quantitative estimate of drug-likeness (QED) is 0.730. The smallest absolute Gasteiger partial charge is 0.193 e. The van der Waals surface area contributed by atoms with Crippen molar-refractivity contribution in [1.82, 2.24) is 0 Å². The molecule has 2 rings (SSSR count). The Labute approximate surface area is 95.9 Å². The summed E-state index contributed by atoms with van der Waals surface area (Å²) in [6.45, 7) is 7.89. The number of hydrogen-bond donors (Lipinski definition) is 0. The van der Waals surface area contributed by atoms with E-state index in [2.05, 4.69) is 0 Å². The Bertz CT molecular complexity index is 524. The molecule has 2 nitrogen and oxygen atoms in total. The number of fused-ring (bicyclic) bond motifs is 1. The lowest BCUT2D eigenvalue weighted by Crippen LogP contribution is -2.03. The fourth-order valence-corrected chi connectivity index (χ4v) is 1.60. The van der Waals surface area contributed by atoms with Crippen molar-refractivity contribution in [2.24, 2.45) is 0 Å². The summed E-state index contributed by atoms with van der Waals surface area (Å²) in [5.74, 6) is 0.744. The SMILES string of the molecule is CC.CCc1cc(=O)c2c(C)cccc2o1. The van der Waals surface area contributed by atoms with Gasteiger partial charge in [-0.1, -0.05) is 32.9 Å². The van der Waals surface area contributed by atoms with Gasteiger partial charge in [0.15, 0.2) is 5.43 Å². The fraction of sp³-hybridized carbons (Fsp3) is 0.357. The largest absolute Gasteiger partial charge is 0.461 e. The minimum absolute atomic E-state index is 0.0567. The molecule has 0 aliphatic carbocycles. The molecule has 86 valence electrons. The molecule has 0 spiro atoms. The second-order valence-corrected chi connectivity index (χ2v) is 3.38. The van der Waals surface area contributed by atoms with Crippen LogP contribution < -0.4 is 5.43 Å². The van der Waals surface area contributed by atoms with Crippen molar-refractivity contribution in [1.29, 1.82) is 0 Å². The highest BCUT2D eigenvalue weighted by Gasteiger charge is 2.04. The number of hydrogen-bond acceptors (Lipinski definition) is 2. The predicted molar refractivity (Wildman–Crippen MR) is 67.9 cm³/mol. The molecule has 0 fully saturated rings. The highest BCUT2D eigenvalue weighted by molar-refractivity contribution is 5.79. The van der Waals surface area contributed by atoms with Crippen LogP contribution in [0.1, 0.15) is 32.1 Å². The Balaban J connectivity index is 0.000000606. The van der Waals surface area contributed by atoms with E-state index in [9.17, 15) is 4.79 Å². The minimum atomic E-state index is 0.0567. The van der Waals surface area contributed by atoms with Crippen molar-refractivity contribution >= 4 is 11.0 Å². The van der Waals surface area contributed by atoms with Crippen LogP contribution in [-0.4, -0.2) is 0 Å². The van der Waals surface area contributed by atoms with E-state index >= 15 is 0 Å². The van der Waals surface area contributed by atoms with E-state index in [1.54, 1.807) is 6.07 Å². The molecular formula is C14H18O2. The monoisotopic (exact) mass is 218 g/mol. The Morgan fingerprint density at radius 3 is 2.56 bits per heavy atom. The maximum atomic E-state index is 11.7. The molecule has 0 radical (unpaired) electrons. The van der Waals surface area contributed by atoms with Gasteiger partial charge in [-0.15, -0.1) is 0 Å². The van der Waals surface area contributed by atoms with E-state index in [4.69, 9.17) is 4.42 Å². The van der Waals surface area contributed by atoms with Gasteiger partial charge in [0, 0.05) is 12.5 Å². The molecule has 0 saturated heterocycles. The third-order valence-electron chi connectivity index (χ3n) is 2.36. The number of aryl methyl sites for hydroxylation is 2. The highest BCUT2D eigenvalue weighted by atomic mass is 16.3. The Morgan fingerprint density at radius 1 is 1.25 bits per heavy atom. The summed E-state index contributed by atoms with van der Waals surface area (Å²) in [7, 11) is 0. The first kappa shape index (κ1) is 12.5. The first-order chi connectivity index (χ1) is 7.72. The molecule has 0 bridgehead atoms. The molecule has 0 amide bonds. The van der Waals surface area contributed by atoms with Crippen molar-refractivity contribution in [3.05, 3.63) is 45.8 Å². The molecule has 1 aromatic carbocycles. The Morgan fingerprint density at radius 2 is 1.94 bits per heavy atom. The predicted octanol–water partition coefficient (Wildman–Crippen LogP) is 3.69. The molecule has 1 aromatic heterocycles. The van der Waals surface area contributed by atoms with Crippen LogP contribution in [0.3, 0.4) is 0 Å². The van der Waals surface area contributed by atoms with Crippen LogP contribution in [0.2, 0.25) is 0 Å². The molecule has 2 aromatic rings. The van der Waals surface area contributed by atoms with Crippen LogP contribution in [0.5, 0.6) is 0 Å². The van der Waals surface area contributed by atoms with Gasteiger partial charge in [0.2, 0.25) is 0 Å². The maximum Gasteiger partial charge on any atom is 0.193 e. The summed E-state index contributed by atoms with van der Waals surface area (Å²) >= 11 is 0. The first-order valence-electron chi connectivity index (χ1n) is 5.74. The Kier molecular flexibility index (Phi) is 4.29. The molecule has 0 N–H and O–H groups in total. The summed E-state index contributed by atoms with van der Waals surface area (Å²) in [6.07, 6.45) is 0.749. The number of rotatable bonds is 1. The van der Waals surface area contributed by atoms with Crippen molar-refractivity contribution in [3.8, 4) is 0 Å². The number of benzene rings is 1. The Hall–Kier alpha value is -1.57. The average Bonchev–Trinajstić information content (AvgIpc) is 2.31. The third kappa shape index (κ3) is 2.32. The third-order valence-corrected chi connectivity index (χ3v) is 2.36. The van der Waals surface area contributed by atoms with E-state index in [-0.39, 0.29) is 5.43 Å². The zero-order valence-corrected chi connectivity index (χ0v) is 10.3. The van der Waals surface area contributed by atoms with Gasteiger partial charge in [0.1, 0.15) is 11.3 Å². The fourth-order valence-electron chi connectivity index (χ4n) is 1.60. The molecule has 2 heteroatoms. The molecule has 0 saturated carbocycles. The molecular weight excluding hydrogens is 200 g/mol. The second kappa shape index (κ2) is 5.50. The standard InChI is InChI=1S/C12H12O2.C2H6/c1-3-9-7-10(13)12-8(2)5-4-6-11(12)14-9;1-2/h4-7H,3H2,1-2H3;1-2H3. The van der Waals surface area contributed by atoms with Crippen LogP contribution in [0.4, 0.5) is 0 Å². The molecule has 0 aliphatic rings. The van der Waals surface area contributed by atoms with Gasteiger partial charge in [-0.25, -0.2) is 0 Å². The highest BCUT2D eigenvalue weighted by Crippen LogP contribution is 2.15. The molecule has 0 aliphatic heterocycles. The zero-order valence-electron chi connectivity index (χ0n) is 10.3. The normalized spacial score (nSPS) is 9.75. The van der Waals surface area contributed by atoms with Gasteiger partial charge in [0.05, 0.1) is 5.39 Å². The van der Waals surface area contributed by atoms with Crippen molar-refractivity contribution in [2.75, 3.05) is 0 Å². The molecule has 0 atom stereocenters. The van der Waals surface area contributed by atoms with Crippen LogP contribution in [0, 0.1) is 6.92 Å². The van der Waals surface area contributed by atoms with Gasteiger partial charge in [-0.3, -0.25) is 4.79 Å². The van der Waals surface area contributed by atoms with Crippen molar-refractivity contribution < 1.29 is 4.42 Å². The van der Waals surface area contributed by atoms with Crippen LogP contribution in [0.25, 0.3) is 11.0 Å². The molecule has 0 unspecified atom stereocenters. The zero-order chi connectivity index (χ0) is 12.1. The van der Waals surface area contributed by atoms with Crippen LogP contribution >= 0.6 is 0 Å².